The highest BCUT2D eigenvalue weighted by Crippen LogP contribution is 2.14. The molecule has 0 unspecified atom stereocenters. The van der Waals surface area contributed by atoms with E-state index in [-0.39, 0.29) is 17.6 Å². The third kappa shape index (κ3) is 1.99. The smallest absolute Gasteiger partial charge is 0.343 e. The largest absolute Gasteiger partial charge is 0.462 e. The molecule has 0 saturated carbocycles. The van der Waals surface area contributed by atoms with Gasteiger partial charge in [0.1, 0.15) is 11.4 Å². The number of carbonyl (C=O) groups excluding carboxylic acids is 1. The number of hydrogen-bond acceptors (Lipinski definition) is 3. The van der Waals surface area contributed by atoms with Gasteiger partial charge in [-0.05, 0) is 31.5 Å². The number of ether oxygens (including phenoxy) is 1. The van der Waals surface area contributed by atoms with Crippen LogP contribution >= 0.6 is 0 Å². The summed E-state index contributed by atoms with van der Waals surface area (Å²) in [5.41, 5.74) is 0.280. The number of aromatic nitrogens is 1. The van der Waals surface area contributed by atoms with Crippen LogP contribution < -0.4 is 5.43 Å². The summed E-state index contributed by atoms with van der Waals surface area (Å²) >= 11 is 0. The molecule has 94 valence electrons. The Morgan fingerprint density at radius 1 is 1.44 bits per heavy atom. The number of halogens is 1. The molecule has 1 aromatic heterocycles. The molecule has 1 aromatic carbocycles. The summed E-state index contributed by atoms with van der Waals surface area (Å²) in [6, 6.07) is 2.66. The van der Waals surface area contributed by atoms with E-state index in [1.54, 1.807) is 13.8 Å². The molecule has 0 amide bonds. The molecule has 0 aliphatic carbocycles. The normalized spacial score (nSPS) is 10.6. The average Bonchev–Trinajstić information content (AvgIpc) is 2.32. The second-order valence-electron chi connectivity index (χ2n) is 3.90. The highest BCUT2D eigenvalue weighted by molar-refractivity contribution is 5.93. The molecule has 1 heterocycles. The molecular weight excluding hydrogens is 237 g/mol. The first-order chi connectivity index (χ1) is 8.54. The number of rotatable bonds is 2. The molecule has 0 radical (unpaired) electrons. The zero-order chi connectivity index (χ0) is 13.3. The van der Waals surface area contributed by atoms with E-state index in [4.69, 9.17) is 4.74 Å². The van der Waals surface area contributed by atoms with Crippen molar-refractivity contribution in [3.63, 3.8) is 0 Å². The molecule has 18 heavy (non-hydrogen) atoms. The standard InChI is InChI=1S/C13H12FNO3/c1-3-18-13(17)9-6-15-11-4-7(2)10(14)5-8(11)12(9)16/h4-6H,3H2,1-2H3,(H,15,16). The number of carbonyl (C=O) groups is 1. The number of fused-ring (bicyclic) bond motifs is 1. The maximum Gasteiger partial charge on any atom is 0.343 e. The third-order valence-electron chi connectivity index (χ3n) is 2.66. The van der Waals surface area contributed by atoms with Crippen LogP contribution in [0.25, 0.3) is 10.9 Å². The van der Waals surface area contributed by atoms with Gasteiger partial charge < -0.3 is 9.72 Å². The number of esters is 1. The first-order valence-electron chi connectivity index (χ1n) is 5.53. The van der Waals surface area contributed by atoms with Gasteiger partial charge in [-0.25, -0.2) is 9.18 Å². The number of pyridine rings is 1. The molecule has 0 aliphatic rings. The predicted molar refractivity (Wildman–Crippen MR) is 65.2 cm³/mol. The fourth-order valence-corrected chi connectivity index (χ4v) is 1.71. The van der Waals surface area contributed by atoms with Crippen molar-refractivity contribution < 1.29 is 13.9 Å². The molecular formula is C13H12FNO3. The van der Waals surface area contributed by atoms with E-state index in [0.29, 0.717) is 11.1 Å². The summed E-state index contributed by atoms with van der Waals surface area (Å²) in [6.45, 7) is 3.43. The first-order valence-corrected chi connectivity index (χ1v) is 5.53. The van der Waals surface area contributed by atoms with Gasteiger partial charge in [-0.1, -0.05) is 0 Å². The number of hydrogen-bond donors (Lipinski definition) is 1. The van der Waals surface area contributed by atoms with Crippen molar-refractivity contribution in [1.82, 2.24) is 4.98 Å². The summed E-state index contributed by atoms with van der Waals surface area (Å²) in [5.74, 6) is -1.18. The molecule has 0 atom stereocenters. The summed E-state index contributed by atoms with van der Waals surface area (Å²) in [7, 11) is 0. The summed E-state index contributed by atoms with van der Waals surface area (Å²) in [5, 5.41) is 0.142. The Morgan fingerprint density at radius 3 is 2.83 bits per heavy atom. The van der Waals surface area contributed by atoms with Crippen molar-refractivity contribution in [2.45, 2.75) is 13.8 Å². The zero-order valence-corrected chi connectivity index (χ0v) is 10.0. The monoisotopic (exact) mass is 249 g/mol. The highest BCUT2D eigenvalue weighted by atomic mass is 19.1. The molecule has 1 N–H and O–H groups in total. The van der Waals surface area contributed by atoms with E-state index in [0.717, 1.165) is 6.07 Å². The van der Waals surface area contributed by atoms with E-state index in [9.17, 15) is 14.0 Å². The number of aromatic amines is 1. The van der Waals surface area contributed by atoms with Gasteiger partial charge in [-0.2, -0.15) is 0 Å². The fourth-order valence-electron chi connectivity index (χ4n) is 1.71. The lowest BCUT2D eigenvalue weighted by molar-refractivity contribution is 0.0524. The van der Waals surface area contributed by atoms with Gasteiger partial charge in [0.2, 0.25) is 5.43 Å². The molecule has 0 aliphatic heterocycles. The Hall–Kier alpha value is -2.17. The van der Waals surface area contributed by atoms with Crippen molar-refractivity contribution in [3.8, 4) is 0 Å². The number of H-pyrrole nitrogens is 1. The lowest BCUT2D eigenvalue weighted by Crippen LogP contribution is -2.18. The highest BCUT2D eigenvalue weighted by Gasteiger charge is 2.14. The number of benzene rings is 1. The molecule has 2 rings (SSSR count). The topological polar surface area (TPSA) is 59.2 Å². The average molecular weight is 249 g/mol. The summed E-state index contributed by atoms with van der Waals surface area (Å²) in [6.07, 6.45) is 1.29. The molecule has 0 spiro atoms. The summed E-state index contributed by atoms with van der Waals surface area (Å²) < 4.78 is 18.2. The quantitative estimate of drug-likeness (QED) is 0.829. The van der Waals surface area contributed by atoms with Crippen molar-refractivity contribution in [2.75, 3.05) is 6.61 Å². The van der Waals surface area contributed by atoms with Crippen LogP contribution in [0, 0.1) is 12.7 Å². The maximum absolute atomic E-state index is 13.4. The predicted octanol–water partition coefficient (Wildman–Crippen LogP) is 2.15. The molecule has 4 nitrogen and oxygen atoms in total. The van der Waals surface area contributed by atoms with E-state index < -0.39 is 17.2 Å². The summed E-state index contributed by atoms with van der Waals surface area (Å²) in [4.78, 5) is 26.3. The van der Waals surface area contributed by atoms with Gasteiger partial charge in [0.15, 0.2) is 0 Å². The van der Waals surface area contributed by atoms with Gasteiger partial charge in [-0.3, -0.25) is 4.79 Å². The third-order valence-corrected chi connectivity index (χ3v) is 2.66. The van der Waals surface area contributed by atoms with Crippen LogP contribution in [-0.2, 0) is 4.74 Å². The van der Waals surface area contributed by atoms with Crippen molar-refractivity contribution >= 4 is 16.9 Å². The van der Waals surface area contributed by atoms with Crippen molar-refractivity contribution in [3.05, 3.63) is 45.5 Å². The Kier molecular flexibility index (Phi) is 3.14. The molecule has 2 aromatic rings. The molecule has 0 saturated heterocycles. The van der Waals surface area contributed by atoms with Crippen LogP contribution in [0.15, 0.2) is 23.1 Å². The van der Waals surface area contributed by atoms with Gasteiger partial charge >= 0.3 is 5.97 Å². The second kappa shape index (κ2) is 4.60. The number of nitrogens with one attached hydrogen (secondary N) is 1. The number of aryl methyl sites for hydroxylation is 1. The van der Waals surface area contributed by atoms with Crippen LogP contribution in [0.1, 0.15) is 22.8 Å². The van der Waals surface area contributed by atoms with Crippen LogP contribution in [-0.4, -0.2) is 17.6 Å². The Bertz CT molecular complexity index is 676. The van der Waals surface area contributed by atoms with Crippen LogP contribution in [0.5, 0.6) is 0 Å². The van der Waals surface area contributed by atoms with Gasteiger partial charge in [0.05, 0.1) is 6.61 Å². The maximum atomic E-state index is 13.4. The Morgan fingerprint density at radius 2 is 2.17 bits per heavy atom. The minimum atomic E-state index is -0.707. The van der Waals surface area contributed by atoms with Crippen LogP contribution in [0.2, 0.25) is 0 Å². The van der Waals surface area contributed by atoms with Crippen molar-refractivity contribution in [2.24, 2.45) is 0 Å². The Balaban J connectivity index is 2.68. The van der Waals surface area contributed by atoms with Gasteiger partial charge in [-0.15, -0.1) is 0 Å². The van der Waals surface area contributed by atoms with E-state index in [2.05, 4.69) is 4.98 Å². The molecule has 0 bridgehead atoms. The minimum Gasteiger partial charge on any atom is -0.462 e. The van der Waals surface area contributed by atoms with Crippen molar-refractivity contribution in [1.29, 1.82) is 0 Å². The fraction of sp³-hybridized carbons (Fsp3) is 0.231. The lowest BCUT2D eigenvalue weighted by atomic mass is 10.1. The van der Waals surface area contributed by atoms with E-state index >= 15 is 0 Å². The zero-order valence-electron chi connectivity index (χ0n) is 10.0. The van der Waals surface area contributed by atoms with Crippen LogP contribution in [0.4, 0.5) is 4.39 Å². The van der Waals surface area contributed by atoms with Crippen LogP contribution in [0.3, 0.4) is 0 Å². The van der Waals surface area contributed by atoms with Gasteiger partial charge in [0.25, 0.3) is 0 Å². The van der Waals surface area contributed by atoms with E-state index in [1.165, 1.54) is 12.3 Å². The van der Waals surface area contributed by atoms with Gasteiger partial charge in [0, 0.05) is 17.1 Å². The lowest BCUT2D eigenvalue weighted by Gasteiger charge is -2.04. The SMILES string of the molecule is CCOC(=O)c1c[nH]c2cc(C)c(F)cc2c1=O. The van der Waals surface area contributed by atoms with E-state index in [1.807, 2.05) is 0 Å². The Labute approximate surface area is 102 Å². The first kappa shape index (κ1) is 12.3. The molecule has 5 heteroatoms. The molecule has 0 fully saturated rings. The minimum absolute atomic E-state index is 0.118. The second-order valence-corrected chi connectivity index (χ2v) is 3.90.